The first kappa shape index (κ1) is 21.0. The molecule has 0 aromatic heterocycles. The van der Waals surface area contributed by atoms with Crippen molar-refractivity contribution in [1.82, 2.24) is 4.90 Å². The van der Waals surface area contributed by atoms with E-state index in [1.807, 2.05) is 43.3 Å². The van der Waals surface area contributed by atoms with E-state index in [0.29, 0.717) is 24.5 Å². The Kier molecular flexibility index (Phi) is 5.91. The molecule has 2 heterocycles. The number of likely N-dealkylation sites (tertiary alicyclic amines) is 1. The summed E-state index contributed by atoms with van der Waals surface area (Å²) in [7, 11) is 3.19. The normalized spacial score (nSPS) is 21.6. The zero-order valence-corrected chi connectivity index (χ0v) is 17.9. The average molecular weight is 414 g/mol. The fraction of sp³-hybridized carbons (Fsp3) is 0.500. The van der Waals surface area contributed by atoms with Crippen molar-refractivity contribution in [3.05, 3.63) is 53.1 Å². The van der Waals surface area contributed by atoms with E-state index in [2.05, 4.69) is 4.90 Å². The van der Waals surface area contributed by atoms with Crippen molar-refractivity contribution in [2.24, 2.45) is 0 Å². The number of rotatable bonds is 5. The van der Waals surface area contributed by atoms with E-state index < -0.39 is 12.2 Å². The molecule has 2 aromatic rings. The first-order chi connectivity index (χ1) is 14.4. The van der Waals surface area contributed by atoms with Crippen LogP contribution >= 0.6 is 0 Å². The molecule has 1 saturated heterocycles. The Morgan fingerprint density at radius 2 is 1.83 bits per heavy atom. The van der Waals surface area contributed by atoms with Crippen LogP contribution in [0.1, 0.15) is 48.2 Å². The summed E-state index contributed by atoms with van der Waals surface area (Å²) >= 11 is 0. The summed E-state index contributed by atoms with van der Waals surface area (Å²) in [6, 6.07) is 11.5. The highest BCUT2D eigenvalue weighted by molar-refractivity contribution is 5.43. The lowest BCUT2D eigenvalue weighted by molar-refractivity contribution is -0.0588. The highest BCUT2D eigenvalue weighted by Crippen LogP contribution is 2.44. The van der Waals surface area contributed by atoms with Gasteiger partial charge >= 0.3 is 0 Å². The molecule has 0 radical (unpaired) electrons. The van der Waals surface area contributed by atoms with Crippen LogP contribution in [0.4, 0.5) is 0 Å². The maximum atomic E-state index is 10.7. The van der Waals surface area contributed by atoms with Gasteiger partial charge in [-0.15, -0.1) is 0 Å². The summed E-state index contributed by atoms with van der Waals surface area (Å²) in [6.45, 7) is 4.21. The topological polar surface area (TPSA) is 71.4 Å². The van der Waals surface area contributed by atoms with Gasteiger partial charge in [-0.2, -0.15) is 0 Å². The number of fused-ring (bicyclic) bond motifs is 1. The molecular weight excluding hydrogens is 382 g/mol. The van der Waals surface area contributed by atoms with Gasteiger partial charge in [0.2, 0.25) is 0 Å². The summed E-state index contributed by atoms with van der Waals surface area (Å²) in [5.74, 6) is 2.07. The Bertz CT molecular complexity index is 891. The Morgan fingerprint density at radius 3 is 2.53 bits per heavy atom. The van der Waals surface area contributed by atoms with Crippen molar-refractivity contribution in [2.75, 3.05) is 33.9 Å². The Hall–Kier alpha value is -2.28. The van der Waals surface area contributed by atoms with E-state index >= 15 is 0 Å². The number of hydrogen-bond acceptors (Lipinski definition) is 6. The second-order valence-corrected chi connectivity index (χ2v) is 8.48. The summed E-state index contributed by atoms with van der Waals surface area (Å²) in [5, 5.41) is 21.4. The van der Waals surface area contributed by atoms with Gasteiger partial charge in [-0.1, -0.05) is 17.7 Å². The van der Waals surface area contributed by atoms with Crippen molar-refractivity contribution in [3.63, 3.8) is 0 Å². The predicted molar refractivity (Wildman–Crippen MR) is 114 cm³/mol. The molecule has 2 aliphatic heterocycles. The van der Waals surface area contributed by atoms with E-state index in [1.54, 1.807) is 14.2 Å². The molecule has 2 aromatic carbocycles. The summed E-state index contributed by atoms with van der Waals surface area (Å²) in [6.07, 6.45) is 1.18. The van der Waals surface area contributed by atoms with Gasteiger partial charge in [-0.05, 0) is 49.6 Å². The van der Waals surface area contributed by atoms with Crippen LogP contribution in [-0.2, 0) is 0 Å². The van der Waals surface area contributed by atoms with Crippen LogP contribution in [0, 0.1) is 6.92 Å². The molecule has 4 rings (SSSR count). The molecule has 1 fully saturated rings. The third-order valence-electron chi connectivity index (χ3n) is 6.41. The molecule has 162 valence electrons. The Labute approximate surface area is 178 Å². The molecule has 0 amide bonds. The van der Waals surface area contributed by atoms with Crippen LogP contribution in [0.25, 0.3) is 0 Å². The number of aliphatic hydroxyl groups excluding tert-OH is 2. The minimum absolute atomic E-state index is 0.327. The molecule has 0 saturated carbocycles. The molecular formula is C24H31NO5. The largest absolute Gasteiger partial charge is 0.493 e. The number of hydrogen-bond donors (Lipinski definition) is 2. The number of nitrogens with zero attached hydrogens (tertiary/aromatic N) is 1. The van der Waals surface area contributed by atoms with Crippen LogP contribution in [0.15, 0.2) is 36.4 Å². The summed E-state index contributed by atoms with van der Waals surface area (Å²) in [5.41, 5.74) is 2.51. The van der Waals surface area contributed by atoms with Crippen molar-refractivity contribution in [2.45, 2.75) is 44.0 Å². The molecule has 2 aliphatic rings. The molecule has 0 bridgehead atoms. The monoisotopic (exact) mass is 413 g/mol. The van der Waals surface area contributed by atoms with Crippen molar-refractivity contribution < 1.29 is 24.4 Å². The van der Waals surface area contributed by atoms with Crippen molar-refractivity contribution >= 4 is 0 Å². The van der Waals surface area contributed by atoms with Crippen molar-refractivity contribution in [1.29, 1.82) is 0 Å². The zero-order chi connectivity index (χ0) is 21.3. The van der Waals surface area contributed by atoms with Crippen molar-refractivity contribution in [3.8, 4) is 17.2 Å². The first-order valence-corrected chi connectivity index (χ1v) is 10.5. The number of piperidine rings is 1. The highest BCUT2D eigenvalue weighted by atomic mass is 16.5. The average Bonchev–Trinajstić information content (AvgIpc) is 2.75. The van der Waals surface area contributed by atoms with Gasteiger partial charge in [-0.25, -0.2) is 0 Å². The minimum atomic E-state index is -0.611. The van der Waals surface area contributed by atoms with E-state index in [-0.39, 0.29) is 5.60 Å². The first-order valence-electron chi connectivity index (χ1n) is 10.5. The smallest absolute Gasteiger partial charge is 0.161 e. The zero-order valence-electron chi connectivity index (χ0n) is 17.9. The second kappa shape index (κ2) is 8.46. The van der Waals surface area contributed by atoms with Crippen LogP contribution < -0.4 is 14.2 Å². The van der Waals surface area contributed by atoms with Crippen LogP contribution in [0.5, 0.6) is 17.2 Å². The molecule has 0 unspecified atom stereocenters. The highest BCUT2D eigenvalue weighted by Gasteiger charge is 2.43. The van der Waals surface area contributed by atoms with Gasteiger partial charge < -0.3 is 29.3 Å². The number of aryl methyl sites for hydroxylation is 1. The van der Waals surface area contributed by atoms with Gasteiger partial charge in [0.25, 0.3) is 0 Å². The Morgan fingerprint density at radius 1 is 1.10 bits per heavy atom. The van der Waals surface area contributed by atoms with Crippen LogP contribution in [-0.4, -0.2) is 54.6 Å². The fourth-order valence-electron chi connectivity index (χ4n) is 4.62. The fourth-order valence-corrected chi connectivity index (χ4v) is 4.62. The summed E-state index contributed by atoms with van der Waals surface area (Å²) < 4.78 is 17.0. The molecule has 1 spiro atoms. The van der Waals surface area contributed by atoms with Gasteiger partial charge in [0.1, 0.15) is 11.4 Å². The lowest BCUT2D eigenvalue weighted by Gasteiger charge is -2.46. The SMILES string of the molecule is COc1ccc([C@H](O)CN2CCC3(CC2)C[C@H](O)c2cc(C)ccc2O3)cc1OC. The molecule has 30 heavy (non-hydrogen) atoms. The third-order valence-corrected chi connectivity index (χ3v) is 6.41. The third kappa shape index (κ3) is 4.13. The maximum Gasteiger partial charge on any atom is 0.161 e. The number of β-amino-alcohol motifs (C(OH)–C–C–N with tert-alkyl or cyclic N) is 1. The number of benzene rings is 2. The quantitative estimate of drug-likeness (QED) is 0.783. The predicted octanol–water partition coefficient (Wildman–Crippen LogP) is 3.40. The lowest BCUT2D eigenvalue weighted by Crippen LogP contribution is -2.51. The number of aliphatic hydroxyl groups is 2. The molecule has 0 aliphatic carbocycles. The van der Waals surface area contributed by atoms with Gasteiger partial charge in [0.15, 0.2) is 11.5 Å². The summed E-state index contributed by atoms with van der Waals surface area (Å²) in [4.78, 5) is 2.26. The van der Waals surface area contributed by atoms with E-state index in [4.69, 9.17) is 14.2 Å². The van der Waals surface area contributed by atoms with Gasteiger partial charge in [0.05, 0.1) is 26.4 Å². The van der Waals surface area contributed by atoms with E-state index in [0.717, 1.165) is 48.4 Å². The van der Waals surface area contributed by atoms with Crippen LogP contribution in [0.2, 0.25) is 0 Å². The molecule has 2 N–H and O–H groups in total. The lowest BCUT2D eigenvalue weighted by atomic mass is 9.81. The van der Waals surface area contributed by atoms with Gasteiger partial charge in [0, 0.05) is 31.6 Å². The van der Waals surface area contributed by atoms with Gasteiger partial charge in [-0.3, -0.25) is 0 Å². The molecule has 2 atom stereocenters. The van der Waals surface area contributed by atoms with E-state index in [1.165, 1.54) is 0 Å². The molecule has 6 nitrogen and oxygen atoms in total. The second-order valence-electron chi connectivity index (χ2n) is 8.48. The standard InChI is InChI=1S/C24H31NO5/c1-16-4-6-21-18(12-16)19(26)14-24(30-21)8-10-25(11-9-24)15-20(27)17-5-7-22(28-2)23(13-17)29-3/h4-7,12-13,19-20,26-27H,8-11,14-15H2,1-3H3/t19-,20+/m0/s1. The molecule has 6 heteroatoms. The maximum absolute atomic E-state index is 10.7. The number of ether oxygens (including phenoxy) is 3. The Balaban J connectivity index is 1.39. The van der Waals surface area contributed by atoms with E-state index in [9.17, 15) is 10.2 Å². The minimum Gasteiger partial charge on any atom is -0.493 e. The number of methoxy groups -OCH3 is 2. The van der Waals surface area contributed by atoms with Crippen LogP contribution in [0.3, 0.4) is 0 Å².